The van der Waals surface area contributed by atoms with Gasteiger partial charge in [-0.05, 0) is 29.3 Å². The SMILES string of the molecule is CN(C)S(=O)(=O)c1ccccc1CNC(=O)c1cccc(CN2CCOCC2)c1. The van der Waals surface area contributed by atoms with E-state index in [1.54, 1.807) is 30.3 Å². The Hall–Kier alpha value is -2.26. The molecular weight excluding hydrogens is 390 g/mol. The van der Waals surface area contributed by atoms with Gasteiger partial charge < -0.3 is 10.1 Å². The van der Waals surface area contributed by atoms with Gasteiger partial charge in [0.25, 0.3) is 5.91 Å². The van der Waals surface area contributed by atoms with Crippen LogP contribution in [0.15, 0.2) is 53.4 Å². The number of nitrogens with zero attached hydrogens (tertiary/aromatic N) is 2. The van der Waals surface area contributed by atoms with Crippen molar-refractivity contribution in [1.82, 2.24) is 14.5 Å². The number of hydrogen-bond donors (Lipinski definition) is 1. The lowest BCUT2D eigenvalue weighted by atomic mass is 10.1. The number of amides is 1. The number of benzene rings is 2. The Labute approximate surface area is 172 Å². The smallest absolute Gasteiger partial charge is 0.251 e. The summed E-state index contributed by atoms with van der Waals surface area (Å²) in [5, 5.41) is 2.84. The number of nitrogens with one attached hydrogen (secondary N) is 1. The van der Waals surface area contributed by atoms with Gasteiger partial charge in [-0.3, -0.25) is 9.69 Å². The van der Waals surface area contributed by atoms with Crippen LogP contribution in [-0.4, -0.2) is 63.9 Å². The lowest BCUT2D eigenvalue weighted by Crippen LogP contribution is -2.35. The Kier molecular flexibility index (Phi) is 7.02. The van der Waals surface area contributed by atoms with Gasteiger partial charge >= 0.3 is 0 Å². The summed E-state index contributed by atoms with van der Waals surface area (Å²) in [5.41, 5.74) is 2.18. The summed E-state index contributed by atoms with van der Waals surface area (Å²) in [7, 11) is -0.595. The predicted octanol–water partition coefficient (Wildman–Crippen LogP) is 1.70. The second-order valence-corrected chi connectivity index (χ2v) is 9.29. The first-order chi connectivity index (χ1) is 13.9. The van der Waals surface area contributed by atoms with Gasteiger partial charge in [-0.15, -0.1) is 0 Å². The van der Waals surface area contributed by atoms with Crippen LogP contribution in [-0.2, 0) is 27.8 Å². The van der Waals surface area contributed by atoms with Crippen molar-refractivity contribution in [3.63, 3.8) is 0 Å². The fourth-order valence-corrected chi connectivity index (χ4v) is 4.32. The molecule has 1 N–H and O–H groups in total. The average Bonchev–Trinajstić information content (AvgIpc) is 2.73. The van der Waals surface area contributed by atoms with E-state index in [2.05, 4.69) is 10.2 Å². The fraction of sp³-hybridized carbons (Fsp3) is 0.381. The van der Waals surface area contributed by atoms with E-state index in [4.69, 9.17) is 4.74 Å². The van der Waals surface area contributed by atoms with Crippen LogP contribution in [0.3, 0.4) is 0 Å². The van der Waals surface area contributed by atoms with Gasteiger partial charge in [0, 0.05) is 45.8 Å². The lowest BCUT2D eigenvalue weighted by molar-refractivity contribution is 0.0342. The predicted molar refractivity (Wildman–Crippen MR) is 111 cm³/mol. The Balaban J connectivity index is 1.68. The molecule has 0 saturated carbocycles. The van der Waals surface area contributed by atoms with E-state index >= 15 is 0 Å². The van der Waals surface area contributed by atoms with Gasteiger partial charge in [0.1, 0.15) is 0 Å². The molecule has 1 aliphatic heterocycles. The maximum absolute atomic E-state index is 12.7. The van der Waals surface area contributed by atoms with E-state index in [1.165, 1.54) is 18.4 Å². The molecule has 8 heteroatoms. The minimum Gasteiger partial charge on any atom is -0.379 e. The molecule has 0 aromatic heterocycles. The molecule has 0 spiro atoms. The molecule has 0 radical (unpaired) electrons. The number of ether oxygens (including phenoxy) is 1. The Bertz CT molecular complexity index is 954. The summed E-state index contributed by atoms with van der Waals surface area (Å²) < 4.78 is 31.5. The molecule has 156 valence electrons. The molecule has 3 rings (SSSR count). The number of hydrogen-bond acceptors (Lipinski definition) is 5. The molecule has 2 aromatic rings. The van der Waals surface area contributed by atoms with E-state index in [-0.39, 0.29) is 17.3 Å². The summed E-state index contributed by atoms with van der Waals surface area (Å²) >= 11 is 0. The Morgan fingerprint density at radius 2 is 1.83 bits per heavy atom. The molecule has 7 nitrogen and oxygen atoms in total. The van der Waals surface area contributed by atoms with Crippen molar-refractivity contribution in [2.24, 2.45) is 0 Å². The highest BCUT2D eigenvalue weighted by molar-refractivity contribution is 7.89. The Morgan fingerprint density at radius 3 is 2.55 bits per heavy atom. The lowest BCUT2D eigenvalue weighted by Gasteiger charge is -2.26. The molecule has 0 aliphatic carbocycles. The average molecular weight is 418 g/mol. The topological polar surface area (TPSA) is 79.0 Å². The number of carbonyl (C=O) groups is 1. The summed E-state index contributed by atoms with van der Waals surface area (Å²) in [6.45, 7) is 4.14. The van der Waals surface area contributed by atoms with Crippen LogP contribution in [0.2, 0.25) is 0 Å². The van der Waals surface area contributed by atoms with Crippen LogP contribution in [0.4, 0.5) is 0 Å². The summed E-state index contributed by atoms with van der Waals surface area (Å²) in [5.74, 6) is -0.231. The number of sulfonamides is 1. The van der Waals surface area contributed by atoms with Crippen LogP contribution in [0.5, 0.6) is 0 Å². The first-order valence-corrected chi connectivity index (χ1v) is 11.0. The van der Waals surface area contributed by atoms with Gasteiger partial charge in [-0.1, -0.05) is 30.3 Å². The van der Waals surface area contributed by atoms with E-state index < -0.39 is 10.0 Å². The summed E-state index contributed by atoms with van der Waals surface area (Å²) in [4.78, 5) is 15.1. The highest BCUT2D eigenvalue weighted by atomic mass is 32.2. The van der Waals surface area contributed by atoms with Crippen molar-refractivity contribution in [2.75, 3.05) is 40.4 Å². The standard InChI is InChI=1S/C21H27N3O4S/c1-23(2)29(26,27)20-9-4-3-7-19(20)15-22-21(25)18-8-5-6-17(14-18)16-24-10-12-28-13-11-24/h3-9,14H,10-13,15-16H2,1-2H3,(H,22,25). The molecule has 1 heterocycles. The van der Waals surface area contributed by atoms with Gasteiger partial charge in [0.2, 0.25) is 10.0 Å². The van der Waals surface area contributed by atoms with Crippen LogP contribution >= 0.6 is 0 Å². The molecule has 0 bridgehead atoms. The minimum atomic E-state index is -3.58. The maximum Gasteiger partial charge on any atom is 0.251 e. The van der Waals surface area contributed by atoms with E-state index in [1.807, 2.05) is 18.2 Å². The number of morpholine rings is 1. The first kappa shape index (κ1) is 21.4. The van der Waals surface area contributed by atoms with Gasteiger partial charge in [-0.25, -0.2) is 12.7 Å². The van der Waals surface area contributed by atoms with Crippen molar-refractivity contribution in [1.29, 1.82) is 0 Å². The molecule has 1 fully saturated rings. The molecule has 2 aromatic carbocycles. The summed E-state index contributed by atoms with van der Waals surface area (Å²) in [6, 6.07) is 14.2. The maximum atomic E-state index is 12.7. The van der Waals surface area contributed by atoms with Gasteiger partial charge in [0.15, 0.2) is 0 Å². The summed E-state index contributed by atoms with van der Waals surface area (Å²) in [6.07, 6.45) is 0. The molecular formula is C21H27N3O4S. The molecule has 1 saturated heterocycles. The minimum absolute atomic E-state index is 0.135. The zero-order valence-corrected chi connectivity index (χ0v) is 17.6. The van der Waals surface area contributed by atoms with Gasteiger partial charge in [-0.2, -0.15) is 0 Å². The number of rotatable bonds is 7. The van der Waals surface area contributed by atoms with Crippen molar-refractivity contribution < 1.29 is 17.9 Å². The van der Waals surface area contributed by atoms with Gasteiger partial charge in [0.05, 0.1) is 18.1 Å². The fourth-order valence-electron chi connectivity index (χ4n) is 3.20. The van der Waals surface area contributed by atoms with E-state index in [0.29, 0.717) is 11.1 Å². The van der Waals surface area contributed by atoms with E-state index in [9.17, 15) is 13.2 Å². The third-order valence-corrected chi connectivity index (χ3v) is 6.79. The third kappa shape index (κ3) is 5.42. The monoisotopic (exact) mass is 417 g/mol. The first-order valence-electron chi connectivity index (χ1n) is 9.55. The van der Waals surface area contributed by atoms with Crippen molar-refractivity contribution >= 4 is 15.9 Å². The van der Waals surface area contributed by atoms with E-state index in [0.717, 1.165) is 38.4 Å². The van der Waals surface area contributed by atoms with Crippen molar-refractivity contribution in [2.45, 2.75) is 18.0 Å². The molecule has 0 atom stereocenters. The molecule has 0 unspecified atom stereocenters. The third-order valence-electron chi connectivity index (χ3n) is 4.87. The second-order valence-electron chi connectivity index (χ2n) is 7.17. The zero-order valence-electron chi connectivity index (χ0n) is 16.8. The molecule has 1 aliphatic rings. The largest absolute Gasteiger partial charge is 0.379 e. The normalized spacial score (nSPS) is 15.4. The zero-order chi connectivity index (χ0) is 20.9. The van der Waals surface area contributed by atoms with Crippen molar-refractivity contribution in [3.8, 4) is 0 Å². The number of carbonyl (C=O) groups excluding carboxylic acids is 1. The Morgan fingerprint density at radius 1 is 1.10 bits per heavy atom. The second kappa shape index (κ2) is 9.49. The van der Waals surface area contributed by atoms with Crippen LogP contribution in [0.25, 0.3) is 0 Å². The highest BCUT2D eigenvalue weighted by Gasteiger charge is 2.21. The quantitative estimate of drug-likeness (QED) is 0.742. The molecule has 1 amide bonds. The molecule has 29 heavy (non-hydrogen) atoms. The highest BCUT2D eigenvalue weighted by Crippen LogP contribution is 2.18. The van der Waals surface area contributed by atoms with Crippen LogP contribution in [0.1, 0.15) is 21.5 Å². The van der Waals surface area contributed by atoms with Crippen molar-refractivity contribution in [3.05, 3.63) is 65.2 Å². The van der Waals surface area contributed by atoms with Crippen LogP contribution < -0.4 is 5.32 Å². The van der Waals surface area contributed by atoms with Crippen LogP contribution in [0, 0.1) is 0 Å².